The van der Waals surface area contributed by atoms with Crippen LogP contribution >= 0.6 is 0 Å². The van der Waals surface area contributed by atoms with Gasteiger partial charge in [-0.15, -0.1) is 6.58 Å². The van der Waals surface area contributed by atoms with Gasteiger partial charge in [-0.05, 0) is 109 Å². The smallest absolute Gasteiger partial charge is 0.0541 e. The zero-order valence-electron chi connectivity index (χ0n) is 25.4. The van der Waals surface area contributed by atoms with E-state index in [0.29, 0.717) is 0 Å². The van der Waals surface area contributed by atoms with Crippen LogP contribution in [0.1, 0.15) is 5.56 Å². The average molecular weight is 586 g/mol. The molecule has 8 aromatic carbocycles. The van der Waals surface area contributed by atoms with Crippen molar-refractivity contribution in [1.82, 2.24) is 4.57 Å². The zero-order valence-corrected chi connectivity index (χ0v) is 25.4. The van der Waals surface area contributed by atoms with E-state index in [-0.39, 0.29) is 0 Å². The molecule has 0 N–H and O–H groups in total. The summed E-state index contributed by atoms with van der Waals surface area (Å²) in [5.74, 6) is 0. The van der Waals surface area contributed by atoms with E-state index >= 15 is 0 Å². The Hall–Kier alpha value is -5.92. The molecule has 0 fully saturated rings. The molecule has 1 nitrogen and oxygen atoms in total. The molecule has 0 aliphatic carbocycles. The van der Waals surface area contributed by atoms with Gasteiger partial charge in [-0.25, -0.2) is 0 Å². The molecular weight excluding hydrogens is 555 g/mol. The molecule has 1 heteroatoms. The number of hydrogen-bond acceptors (Lipinski definition) is 0. The molecule has 0 saturated heterocycles. The highest BCUT2D eigenvalue weighted by Crippen LogP contribution is 2.39. The second-order valence-corrected chi connectivity index (χ2v) is 12.2. The molecule has 0 unspecified atom stereocenters. The Labute approximate surface area is 268 Å². The Kier molecular flexibility index (Phi) is 6.11. The maximum Gasteiger partial charge on any atom is 0.0541 e. The normalized spacial score (nSPS) is 11.7. The van der Waals surface area contributed by atoms with Crippen molar-refractivity contribution in [2.24, 2.45) is 0 Å². The summed E-state index contributed by atoms with van der Waals surface area (Å²) in [4.78, 5) is 0. The van der Waals surface area contributed by atoms with Crippen LogP contribution in [0.3, 0.4) is 0 Å². The molecular formula is C45H31N. The van der Waals surface area contributed by atoms with Crippen molar-refractivity contribution < 1.29 is 0 Å². The summed E-state index contributed by atoms with van der Waals surface area (Å²) >= 11 is 0. The second kappa shape index (κ2) is 10.6. The predicted octanol–water partition coefficient (Wildman–Crippen LogP) is 12.3. The first-order chi connectivity index (χ1) is 22.8. The van der Waals surface area contributed by atoms with E-state index in [1.54, 1.807) is 0 Å². The SMILES string of the molecule is C=CCc1ccc2c(c1)c1cc(-c3ccccc3)ccc1n2-c1cccc(-c2ccc3c4ccccc4c4ccccc4c3c2)c1. The van der Waals surface area contributed by atoms with Crippen molar-refractivity contribution in [3.05, 3.63) is 176 Å². The van der Waals surface area contributed by atoms with Gasteiger partial charge >= 0.3 is 0 Å². The van der Waals surface area contributed by atoms with Gasteiger partial charge in [0.1, 0.15) is 0 Å². The number of allylic oxidation sites excluding steroid dienone is 1. The van der Waals surface area contributed by atoms with Crippen LogP contribution in [0.2, 0.25) is 0 Å². The number of nitrogens with zero attached hydrogens (tertiary/aromatic N) is 1. The fourth-order valence-corrected chi connectivity index (χ4v) is 7.36. The van der Waals surface area contributed by atoms with Gasteiger partial charge in [0.15, 0.2) is 0 Å². The molecule has 216 valence electrons. The number of aromatic nitrogens is 1. The second-order valence-electron chi connectivity index (χ2n) is 12.2. The summed E-state index contributed by atoms with van der Waals surface area (Å²) in [5, 5.41) is 10.3. The molecule has 0 aliphatic rings. The fraction of sp³-hybridized carbons (Fsp3) is 0.0222. The van der Waals surface area contributed by atoms with Crippen molar-refractivity contribution in [2.45, 2.75) is 6.42 Å². The van der Waals surface area contributed by atoms with Crippen molar-refractivity contribution in [3.8, 4) is 27.9 Å². The number of fused-ring (bicyclic) bond motifs is 9. The summed E-state index contributed by atoms with van der Waals surface area (Å²) < 4.78 is 2.42. The zero-order chi connectivity index (χ0) is 30.6. The van der Waals surface area contributed by atoms with Crippen LogP contribution < -0.4 is 0 Å². The Morgan fingerprint density at radius 1 is 0.391 bits per heavy atom. The van der Waals surface area contributed by atoms with E-state index in [4.69, 9.17) is 0 Å². The van der Waals surface area contributed by atoms with E-state index in [0.717, 1.165) is 12.1 Å². The highest BCUT2D eigenvalue weighted by molar-refractivity contribution is 6.25. The number of rotatable bonds is 5. The van der Waals surface area contributed by atoms with E-state index in [2.05, 4.69) is 169 Å². The van der Waals surface area contributed by atoms with Gasteiger partial charge in [0.25, 0.3) is 0 Å². The molecule has 0 bridgehead atoms. The van der Waals surface area contributed by atoms with Crippen LogP contribution in [0, 0.1) is 0 Å². The van der Waals surface area contributed by atoms with Gasteiger partial charge in [0.2, 0.25) is 0 Å². The highest BCUT2D eigenvalue weighted by atomic mass is 15.0. The van der Waals surface area contributed by atoms with Crippen molar-refractivity contribution in [1.29, 1.82) is 0 Å². The quantitative estimate of drug-likeness (QED) is 0.140. The maximum absolute atomic E-state index is 3.99. The molecule has 0 radical (unpaired) electrons. The summed E-state index contributed by atoms with van der Waals surface area (Å²) in [7, 11) is 0. The van der Waals surface area contributed by atoms with Crippen LogP contribution in [0.15, 0.2) is 170 Å². The molecule has 0 saturated carbocycles. The average Bonchev–Trinajstić information content (AvgIpc) is 3.45. The molecule has 0 amide bonds. The van der Waals surface area contributed by atoms with Crippen molar-refractivity contribution in [2.75, 3.05) is 0 Å². The van der Waals surface area contributed by atoms with E-state index in [1.165, 1.54) is 81.9 Å². The molecule has 1 aromatic heterocycles. The highest BCUT2D eigenvalue weighted by Gasteiger charge is 2.15. The fourth-order valence-electron chi connectivity index (χ4n) is 7.36. The van der Waals surface area contributed by atoms with Gasteiger partial charge in [-0.2, -0.15) is 0 Å². The van der Waals surface area contributed by atoms with Crippen LogP contribution in [-0.4, -0.2) is 4.57 Å². The molecule has 9 rings (SSSR count). The minimum atomic E-state index is 0.850. The number of hydrogen-bond donors (Lipinski definition) is 0. The lowest BCUT2D eigenvalue weighted by Gasteiger charge is -2.13. The summed E-state index contributed by atoms with van der Waals surface area (Å²) in [6, 6.07) is 57.9. The first-order valence-electron chi connectivity index (χ1n) is 15.9. The van der Waals surface area contributed by atoms with E-state index in [9.17, 15) is 0 Å². The van der Waals surface area contributed by atoms with Crippen LogP contribution in [0.25, 0.3) is 82.1 Å². The van der Waals surface area contributed by atoms with Gasteiger partial charge in [0, 0.05) is 16.5 Å². The minimum absolute atomic E-state index is 0.850. The lowest BCUT2D eigenvalue weighted by atomic mass is 9.92. The Bertz CT molecular complexity index is 2580. The van der Waals surface area contributed by atoms with Gasteiger partial charge in [0.05, 0.1) is 11.0 Å². The minimum Gasteiger partial charge on any atom is -0.309 e. The molecule has 0 atom stereocenters. The molecule has 9 aromatic rings. The monoisotopic (exact) mass is 585 g/mol. The first kappa shape index (κ1) is 26.5. The van der Waals surface area contributed by atoms with Gasteiger partial charge in [-0.3, -0.25) is 0 Å². The van der Waals surface area contributed by atoms with Crippen LogP contribution in [0.5, 0.6) is 0 Å². The lowest BCUT2D eigenvalue weighted by molar-refractivity contribution is 1.18. The van der Waals surface area contributed by atoms with Crippen LogP contribution in [-0.2, 0) is 6.42 Å². The molecule has 0 spiro atoms. The first-order valence-corrected chi connectivity index (χ1v) is 15.9. The summed E-state index contributed by atoms with van der Waals surface area (Å²) in [5.41, 5.74) is 9.73. The summed E-state index contributed by atoms with van der Waals surface area (Å²) in [6.07, 6.45) is 2.83. The maximum atomic E-state index is 3.99. The standard InChI is InChI=1S/C45H31N/c1-2-11-30-20-24-44-42(26-30)43-29-33(31-12-4-3-5-13-31)22-25-45(43)46(44)35-15-10-14-32(27-35)34-21-23-40-38-18-7-6-16-36(38)37-17-8-9-19-39(37)41(40)28-34/h2-10,12-29H,1,11H2. The molecule has 46 heavy (non-hydrogen) atoms. The third-order valence-electron chi connectivity index (χ3n) is 9.50. The van der Waals surface area contributed by atoms with Gasteiger partial charge in [-0.1, -0.05) is 121 Å². The largest absolute Gasteiger partial charge is 0.309 e. The lowest BCUT2D eigenvalue weighted by Crippen LogP contribution is -1.94. The third kappa shape index (κ3) is 4.17. The van der Waals surface area contributed by atoms with Gasteiger partial charge < -0.3 is 4.57 Å². The Balaban J connectivity index is 1.25. The summed E-state index contributed by atoms with van der Waals surface area (Å²) in [6.45, 7) is 3.99. The predicted molar refractivity (Wildman–Crippen MR) is 198 cm³/mol. The van der Waals surface area contributed by atoms with E-state index < -0.39 is 0 Å². The van der Waals surface area contributed by atoms with Crippen molar-refractivity contribution >= 4 is 54.1 Å². The Morgan fingerprint density at radius 3 is 1.63 bits per heavy atom. The third-order valence-corrected chi connectivity index (χ3v) is 9.50. The van der Waals surface area contributed by atoms with Crippen molar-refractivity contribution in [3.63, 3.8) is 0 Å². The molecule has 1 heterocycles. The van der Waals surface area contributed by atoms with E-state index in [1.807, 2.05) is 6.08 Å². The topological polar surface area (TPSA) is 4.93 Å². The molecule has 0 aliphatic heterocycles. The Morgan fingerprint density at radius 2 is 0.913 bits per heavy atom. The number of benzene rings is 8. The van der Waals surface area contributed by atoms with Crippen LogP contribution in [0.4, 0.5) is 0 Å².